The number of rotatable bonds is 5. The van der Waals surface area contributed by atoms with Crippen LogP contribution in [0.1, 0.15) is 11.1 Å². The third kappa shape index (κ3) is 3.20. The Balaban J connectivity index is 2.24. The van der Waals surface area contributed by atoms with E-state index in [4.69, 9.17) is 4.74 Å². The molecule has 0 bridgehead atoms. The summed E-state index contributed by atoms with van der Waals surface area (Å²) < 4.78 is 13.2. The first-order valence-corrected chi connectivity index (χ1v) is 7.82. The minimum absolute atomic E-state index is 0.251. The number of ether oxygens (including phenoxy) is 1. The number of aromatic nitrogens is 2. The summed E-state index contributed by atoms with van der Waals surface area (Å²) in [6.07, 6.45) is 0. The van der Waals surface area contributed by atoms with Crippen LogP contribution < -0.4 is 4.74 Å². The van der Waals surface area contributed by atoms with Crippen molar-refractivity contribution in [1.82, 2.24) is 8.75 Å². The van der Waals surface area contributed by atoms with Gasteiger partial charge in [0, 0.05) is 0 Å². The lowest BCUT2D eigenvalue weighted by Crippen LogP contribution is -2.10. The van der Waals surface area contributed by atoms with Crippen molar-refractivity contribution < 1.29 is 24.5 Å². The fraction of sp³-hybridized carbons (Fsp3) is 0.0588. The third-order valence-electron chi connectivity index (χ3n) is 3.60. The maximum Gasteiger partial charge on any atom is 0.337 e. The second-order valence-electron chi connectivity index (χ2n) is 5.06. The Morgan fingerprint density at radius 2 is 1.44 bits per heavy atom. The maximum absolute atomic E-state index is 11.8. The molecule has 0 aliphatic rings. The van der Waals surface area contributed by atoms with Crippen molar-refractivity contribution in [2.24, 2.45) is 0 Å². The summed E-state index contributed by atoms with van der Waals surface area (Å²) in [6, 6.07) is 10.8. The lowest BCUT2D eigenvalue weighted by atomic mass is 9.94. The molecule has 8 heteroatoms. The smallest absolute Gasteiger partial charge is 0.337 e. The van der Waals surface area contributed by atoms with E-state index in [2.05, 4.69) is 8.75 Å². The number of carboxylic acids is 2. The van der Waals surface area contributed by atoms with Crippen LogP contribution in [0.4, 0.5) is 0 Å². The first kappa shape index (κ1) is 16.6. The fourth-order valence-electron chi connectivity index (χ4n) is 2.44. The SMILES string of the molecule is COc1ccc(C(C(=O)O)=C(C(=O)O)c2ccc3nsnc3c2)cc1. The molecule has 2 aromatic carbocycles. The number of methoxy groups -OCH3 is 1. The van der Waals surface area contributed by atoms with Crippen molar-refractivity contribution in [2.45, 2.75) is 0 Å². The van der Waals surface area contributed by atoms with Gasteiger partial charge in [-0.05, 0) is 35.4 Å². The van der Waals surface area contributed by atoms with Gasteiger partial charge in [-0.2, -0.15) is 8.75 Å². The van der Waals surface area contributed by atoms with E-state index in [0.29, 0.717) is 16.8 Å². The molecule has 0 aliphatic heterocycles. The summed E-state index contributed by atoms with van der Waals surface area (Å²) in [5, 5.41) is 19.3. The van der Waals surface area contributed by atoms with Crippen molar-refractivity contribution in [2.75, 3.05) is 7.11 Å². The van der Waals surface area contributed by atoms with Crippen LogP contribution in [0.3, 0.4) is 0 Å². The molecular weight excluding hydrogens is 344 g/mol. The Labute approximate surface area is 146 Å². The lowest BCUT2D eigenvalue weighted by Gasteiger charge is -2.10. The van der Waals surface area contributed by atoms with Gasteiger partial charge < -0.3 is 14.9 Å². The van der Waals surface area contributed by atoms with E-state index in [0.717, 1.165) is 11.7 Å². The van der Waals surface area contributed by atoms with Crippen LogP contribution in [0, 0.1) is 0 Å². The van der Waals surface area contributed by atoms with Gasteiger partial charge in [0.05, 0.1) is 30.0 Å². The number of carbonyl (C=O) groups is 2. The highest BCUT2D eigenvalue weighted by Gasteiger charge is 2.24. The van der Waals surface area contributed by atoms with Crippen LogP contribution in [0.5, 0.6) is 5.75 Å². The highest BCUT2D eigenvalue weighted by Crippen LogP contribution is 2.30. The molecule has 7 nitrogen and oxygen atoms in total. The zero-order chi connectivity index (χ0) is 18.0. The summed E-state index contributed by atoms with van der Waals surface area (Å²) in [5.41, 5.74) is 1.04. The molecule has 0 saturated carbocycles. The van der Waals surface area contributed by atoms with Gasteiger partial charge in [-0.25, -0.2) is 9.59 Å². The number of hydrogen-bond donors (Lipinski definition) is 2. The second kappa shape index (κ2) is 6.70. The average molecular weight is 356 g/mol. The molecule has 1 heterocycles. The largest absolute Gasteiger partial charge is 0.497 e. The van der Waals surface area contributed by atoms with Gasteiger partial charge >= 0.3 is 11.9 Å². The lowest BCUT2D eigenvalue weighted by molar-refractivity contribution is -0.132. The number of benzene rings is 2. The predicted octanol–water partition coefficient (Wildman–Crippen LogP) is 2.78. The zero-order valence-corrected chi connectivity index (χ0v) is 13.8. The van der Waals surface area contributed by atoms with E-state index in [9.17, 15) is 19.8 Å². The molecule has 3 rings (SSSR count). The molecule has 25 heavy (non-hydrogen) atoms. The number of carboxylic acid groups (broad SMARTS) is 2. The average Bonchev–Trinajstić information content (AvgIpc) is 3.06. The Kier molecular flexibility index (Phi) is 4.44. The number of hydrogen-bond acceptors (Lipinski definition) is 6. The first-order valence-electron chi connectivity index (χ1n) is 7.09. The minimum atomic E-state index is -1.34. The van der Waals surface area contributed by atoms with E-state index in [1.54, 1.807) is 18.2 Å². The van der Waals surface area contributed by atoms with Crippen molar-refractivity contribution in [3.05, 3.63) is 53.6 Å². The minimum Gasteiger partial charge on any atom is -0.497 e. The van der Waals surface area contributed by atoms with Gasteiger partial charge in [-0.3, -0.25) is 0 Å². The molecule has 2 N–H and O–H groups in total. The van der Waals surface area contributed by atoms with E-state index in [1.165, 1.54) is 31.4 Å². The molecule has 0 amide bonds. The summed E-state index contributed by atoms with van der Waals surface area (Å²) in [7, 11) is 1.49. The number of fused-ring (bicyclic) bond motifs is 1. The normalized spacial score (nSPS) is 11.9. The topological polar surface area (TPSA) is 110 Å². The molecule has 0 fully saturated rings. The van der Waals surface area contributed by atoms with Crippen molar-refractivity contribution in [3.63, 3.8) is 0 Å². The van der Waals surface area contributed by atoms with Gasteiger partial charge in [-0.1, -0.05) is 18.2 Å². The molecule has 0 saturated heterocycles. The van der Waals surface area contributed by atoms with E-state index < -0.39 is 11.9 Å². The molecule has 0 aliphatic carbocycles. The summed E-state index contributed by atoms with van der Waals surface area (Å²) in [6.45, 7) is 0. The fourth-order valence-corrected chi connectivity index (χ4v) is 2.96. The van der Waals surface area contributed by atoms with Crippen LogP contribution in [0.2, 0.25) is 0 Å². The summed E-state index contributed by atoms with van der Waals surface area (Å²) >= 11 is 1.00. The van der Waals surface area contributed by atoms with Crippen LogP contribution in [-0.2, 0) is 9.59 Å². The Morgan fingerprint density at radius 3 is 2.04 bits per heavy atom. The van der Waals surface area contributed by atoms with Crippen molar-refractivity contribution in [3.8, 4) is 5.75 Å². The van der Waals surface area contributed by atoms with Gasteiger partial charge in [0.2, 0.25) is 0 Å². The van der Waals surface area contributed by atoms with Gasteiger partial charge in [-0.15, -0.1) is 0 Å². The van der Waals surface area contributed by atoms with E-state index in [1.807, 2.05) is 0 Å². The molecule has 0 radical (unpaired) electrons. The molecule has 0 unspecified atom stereocenters. The highest BCUT2D eigenvalue weighted by molar-refractivity contribution is 7.00. The number of aliphatic carboxylic acids is 2. The Morgan fingerprint density at radius 1 is 0.880 bits per heavy atom. The Bertz CT molecular complexity index is 992. The molecule has 0 spiro atoms. The van der Waals surface area contributed by atoms with Gasteiger partial charge in [0.25, 0.3) is 0 Å². The summed E-state index contributed by atoms with van der Waals surface area (Å²) in [5.74, 6) is -2.13. The van der Waals surface area contributed by atoms with Crippen LogP contribution in [-0.4, -0.2) is 38.0 Å². The van der Waals surface area contributed by atoms with Crippen molar-refractivity contribution >= 4 is 45.8 Å². The van der Waals surface area contributed by atoms with Gasteiger partial charge in [0.15, 0.2) is 0 Å². The van der Waals surface area contributed by atoms with Crippen molar-refractivity contribution in [1.29, 1.82) is 0 Å². The van der Waals surface area contributed by atoms with E-state index >= 15 is 0 Å². The molecule has 126 valence electrons. The maximum atomic E-state index is 11.8. The van der Waals surface area contributed by atoms with Crippen LogP contribution >= 0.6 is 11.7 Å². The third-order valence-corrected chi connectivity index (χ3v) is 4.16. The zero-order valence-electron chi connectivity index (χ0n) is 13.0. The standard InChI is InChI=1S/C17H12N2O5S/c1-24-11-5-2-9(3-6-11)14(16(20)21)15(17(22)23)10-4-7-12-13(8-10)19-25-18-12/h2-8H,1H3,(H,20,21)(H,22,23). The second-order valence-corrected chi connectivity index (χ2v) is 5.58. The Hall–Kier alpha value is -3.26. The quantitative estimate of drug-likeness (QED) is 0.534. The predicted molar refractivity (Wildman–Crippen MR) is 92.5 cm³/mol. The molecule has 0 atom stereocenters. The number of nitrogens with zero attached hydrogens (tertiary/aromatic N) is 2. The highest BCUT2D eigenvalue weighted by atomic mass is 32.1. The van der Waals surface area contributed by atoms with Crippen LogP contribution in [0.15, 0.2) is 42.5 Å². The monoisotopic (exact) mass is 356 g/mol. The van der Waals surface area contributed by atoms with E-state index in [-0.39, 0.29) is 22.3 Å². The molecule has 1 aromatic heterocycles. The molecule has 3 aromatic rings. The summed E-state index contributed by atoms with van der Waals surface area (Å²) in [4.78, 5) is 23.6. The molecular formula is C17H12N2O5S. The van der Waals surface area contributed by atoms with Gasteiger partial charge in [0.1, 0.15) is 16.8 Å². The first-order chi connectivity index (χ1) is 12.0. The van der Waals surface area contributed by atoms with Crippen LogP contribution in [0.25, 0.3) is 22.2 Å².